The van der Waals surface area contributed by atoms with Crippen molar-refractivity contribution < 1.29 is 4.42 Å². The predicted octanol–water partition coefficient (Wildman–Crippen LogP) is 13.9. The molecule has 8 aromatic carbocycles. The largest absolute Gasteiger partial charge is 0.456 e. The lowest BCUT2D eigenvalue weighted by molar-refractivity contribution is 0.669. The Balaban J connectivity index is 1.26. The number of anilines is 3. The van der Waals surface area contributed by atoms with Crippen LogP contribution in [0, 0.1) is 0 Å². The second-order valence-electron chi connectivity index (χ2n) is 12.5. The fraction of sp³-hybridized carbons (Fsp3) is 0. The molecule has 10 aromatic rings. The molecule has 2 aromatic heterocycles. The van der Waals surface area contributed by atoms with E-state index < -0.39 is 0 Å². The molecular weight excluding hydrogens is 615 g/mol. The molecule has 10 rings (SSSR count). The average molecular weight is 644 g/mol. The Kier molecular flexibility index (Phi) is 6.39. The first-order valence-electron chi connectivity index (χ1n) is 16.6. The molecule has 49 heavy (non-hydrogen) atoms. The highest BCUT2D eigenvalue weighted by Gasteiger charge is 2.22. The van der Waals surface area contributed by atoms with Crippen LogP contribution in [0.25, 0.3) is 75.1 Å². The quantitative estimate of drug-likeness (QED) is 0.186. The maximum Gasteiger partial charge on any atom is 0.137 e. The van der Waals surface area contributed by atoms with Crippen LogP contribution in [-0.2, 0) is 0 Å². The summed E-state index contributed by atoms with van der Waals surface area (Å²) >= 11 is 1.88. The van der Waals surface area contributed by atoms with E-state index in [2.05, 4.69) is 175 Å². The molecule has 2 heterocycles. The smallest absolute Gasteiger partial charge is 0.137 e. The van der Waals surface area contributed by atoms with Gasteiger partial charge in [-0.2, -0.15) is 0 Å². The number of thiophene rings is 1. The number of para-hydroxylation sites is 1. The van der Waals surface area contributed by atoms with E-state index in [-0.39, 0.29) is 0 Å². The number of hydrogen-bond donors (Lipinski definition) is 0. The third-order valence-corrected chi connectivity index (χ3v) is 10.9. The zero-order valence-electron chi connectivity index (χ0n) is 26.5. The van der Waals surface area contributed by atoms with Crippen molar-refractivity contribution in [1.29, 1.82) is 0 Å². The fourth-order valence-corrected chi connectivity index (χ4v) is 8.64. The Morgan fingerprint density at radius 3 is 2.04 bits per heavy atom. The van der Waals surface area contributed by atoms with Crippen LogP contribution in [0.1, 0.15) is 0 Å². The van der Waals surface area contributed by atoms with Gasteiger partial charge in [-0.3, -0.25) is 0 Å². The van der Waals surface area contributed by atoms with Gasteiger partial charge in [-0.05, 0) is 76.0 Å². The molecule has 0 bridgehead atoms. The zero-order valence-corrected chi connectivity index (χ0v) is 27.3. The van der Waals surface area contributed by atoms with Gasteiger partial charge in [-0.25, -0.2) is 0 Å². The van der Waals surface area contributed by atoms with Crippen molar-refractivity contribution >= 4 is 81.3 Å². The summed E-state index contributed by atoms with van der Waals surface area (Å²) in [6, 6.07) is 63.3. The van der Waals surface area contributed by atoms with Crippen molar-refractivity contribution in [3.05, 3.63) is 176 Å². The molecule has 0 aliphatic carbocycles. The number of fused-ring (bicyclic) bond motifs is 7. The standard InChI is InChI=1S/C46H29NOS/c1-2-13-31(14-3-1)40-29-34(26-27-35(40)37-18-10-19-38-36-16-7-9-23-44(36)49-46(37)38)47(33-25-24-30-12-4-5-15-32(30)28-33)41-20-11-22-43-45(41)39-17-6-8-21-42(39)48-43/h1-29H. The highest BCUT2D eigenvalue weighted by Crippen LogP contribution is 2.47. The predicted molar refractivity (Wildman–Crippen MR) is 210 cm³/mol. The van der Waals surface area contributed by atoms with Crippen molar-refractivity contribution in [2.24, 2.45) is 0 Å². The van der Waals surface area contributed by atoms with E-state index in [4.69, 9.17) is 4.42 Å². The first kappa shape index (κ1) is 27.9. The molecule has 3 heteroatoms. The van der Waals surface area contributed by atoms with Gasteiger partial charge < -0.3 is 9.32 Å². The van der Waals surface area contributed by atoms with Gasteiger partial charge in [0, 0.05) is 42.5 Å². The normalized spacial score (nSPS) is 11.7. The molecule has 0 saturated carbocycles. The van der Waals surface area contributed by atoms with Crippen LogP contribution in [0.3, 0.4) is 0 Å². The Hall–Kier alpha value is -6.16. The average Bonchev–Trinajstić information content (AvgIpc) is 3.74. The monoisotopic (exact) mass is 643 g/mol. The van der Waals surface area contributed by atoms with E-state index in [9.17, 15) is 0 Å². The van der Waals surface area contributed by atoms with Crippen LogP contribution in [0.2, 0.25) is 0 Å². The fourth-order valence-electron chi connectivity index (χ4n) is 7.41. The Labute approximate surface area is 287 Å². The molecule has 0 saturated heterocycles. The van der Waals surface area contributed by atoms with Gasteiger partial charge >= 0.3 is 0 Å². The molecule has 0 amide bonds. The van der Waals surface area contributed by atoms with Gasteiger partial charge in [0.15, 0.2) is 0 Å². The second kappa shape index (κ2) is 11.2. The number of nitrogens with zero attached hydrogens (tertiary/aromatic N) is 1. The third-order valence-electron chi connectivity index (χ3n) is 9.65. The maximum atomic E-state index is 6.40. The van der Waals surface area contributed by atoms with Gasteiger partial charge in [0.1, 0.15) is 11.2 Å². The van der Waals surface area contributed by atoms with Gasteiger partial charge in [-0.15, -0.1) is 11.3 Å². The van der Waals surface area contributed by atoms with E-state index >= 15 is 0 Å². The van der Waals surface area contributed by atoms with Crippen LogP contribution in [0.15, 0.2) is 180 Å². The van der Waals surface area contributed by atoms with E-state index in [1.807, 2.05) is 17.4 Å². The highest BCUT2D eigenvalue weighted by molar-refractivity contribution is 7.26. The van der Waals surface area contributed by atoms with Crippen molar-refractivity contribution in [2.75, 3.05) is 4.90 Å². The Morgan fingerprint density at radius 2 is 1.12 bits per heavy atom. The number of benzene rings is 8. The van der Waals surface area contributed by atoms with E-state index in [1.165, 1.54) is 53.2 Å². The van der Waals surface area contributed by atoms with Crippen molar-refractivity contribution in [3.63, 3.8) is 0 Å². The van der Waals surface area contributed by atoms with Crippen LogP contribution in [0.5, 0.6) is 0 Å². The van der Waals surface area contributed by atoms with E-state index in [0.717, 1.165) is 39.0 Å². The molecular formula is C46H29NOS. The Morgan fingerprint density at radius 1 is 0.429 bits per heavy atom. The van der Waals surface area contributed by atoms with Crippen molar-refractivity contribution in [2.45, 2.75) is 0 Å². The van der Waals surface area contributed by atoms with Gasteiger partial charge in [0.2, 0.25) is 0 Å². The van der Waals surface area contributed by atoms with Crippen molar-refractivity contribution in [3.8, 4) is 22.3 Å². The second-order valence-corrected chi connectivity index (χ2v) is 13.5. The summed E-state index contributed by atoms with van der Waals surface area (Å²) in [5, 5.41) is 7.24. The van der Waals surface area contributed by atoms with Crippen LogP contribution < -0.4 is 4.90 Å². The first-order chi connectivity index (χ1) is 24.3. The minimum absolute atomic E-state index is 0.876. The zero-order chi connectivity index (χ0) is 32.3. The molecule has 2 nitrogen and oxygen atoms in total. The lowest BCUT2D eigenvalue weighted by atomic mass is 9.92. The number of furan rings is 1. The number of rotatable bonds is 5. The maximum absolute atomic E-state index is 6.40. The van der Waals surface area contributed by atoms with Crippen LogP contribution in [-0.4, -0.2) is 0 Å². The molecule has 0 atom stereocenters. The molecule has 0 unspecified atom stereocenters. The summed E-state index contributed by atoms with van der Waals surface area (Å²) < 4.78 is 9.02. The molecule has 0 N–H and O–H groups in total. The highest BCUT2D eigenvalue weighted by atomic mass is 32.1. The number of hydrogen-bond acceptors (Lipinski definition) is 3. The molecule has 0 aliphatic rings. The summed E-state index contributed by atoms with van der Waals surface area (Å²) in [5.41, 5.74) is 9.87. The van der Waals surface area contributed by atoms with E-state index in [1.54, 1.807) is 0 Å². The van der Waals surface area contributed by atoms with E-state index in [0.29, 0.717) is 0 Å². The lowest BCUT2D eigenvalue weighted by Crippen LogP contribution is -2.10. The summed E-state index contributed by atoms with van der Waals surface area (Å²) in [4.78, 5) is 2.40. The summed E-state index contributed by atoms with van der Waals surface area (Å²) in [5.74, 6) is 0. The minimum atomic E-state index is 0.876. The van der Waals surface area contributed by atoms with Crippen LogP contribution >= 0.6 is 11.3 Å². The molecule has 230 valence electrons. The van der Waals surface area contributed by atoms with Crippen LogP contribution in [0.4, 0.5) is 17.1 Å². The Bertz CT molecular complexity index is 2840. The molecule has 0 radical (unpaired) electrons. The van der Waals surface area contributed by atoms with Gasteiger partial charge in [-0.1, -0.05) is 127 Å². The topological polar surface area (TPSA) is 16.4 Å². The molecule has 0 aliphatic heterocycles. The molecule has 0 fully saturated rings. The van der Waals surface area contributed by atoms with Crippen molar-refractivity contribution in [1.82, 2.24) is 0 Å². The molecule has 0 spiro atoms. The minimum Gasteiger partial charge on any atom is -0.456 e. The van der Waals surface area contributed by atoms with Gasteiger partial charge in [0.05, 0.1) is 11.1 Å². The summed E-state index contributed by atoms with van der Waals surface area (Å²) in [7, 11) is 0. The third kappa shape index (κ3) is 4.55. The SMILES string of the molecule is c1ccc(-c2cc(N(c3ccc4ccccc4c3)c3cccc4oc5ccccc5c34)ccc2-c2cccc3c2sc2ccccc23)cc1. The van der Waals surface area contributed by atoms with Gasteiger partial charge in [0.25, 0.3) is 0 Å². The first-order valence-corrected chi connectivity index (χ1v) is 17.4. The lowest BCUT2D eigenvalue weighted by Gasteiger charge is -2.28. The summed E-state index contributed by atoms with van der Waals surface area (Å²) in [6.07, 6.45) is 0. The summed E-state index contributed by atoms with van der Waals surface area (Å²) in [6.45, 7) is 0.